The van der Waals surface area contributed by atoms with Crippen LogP contribution in [0.5, 0.6) is 0 Å². The third-order valence-corrected chi connectivity index (χ3v) is 4.87. The van der Waals surface area contributed by atoms with Gasteiger partial charge in [0.05, 0.1) is 12.0 Å². The molecular weight excluding hydrogens is 344 g/mol. The highest BCUT2D eigenvalue weighted by Crippen LogP contribution is 2.49. The zero-order chi connectivity index (χ0) is 16.3. The van der Waals surface area contributed by atoms with E-state index >= 15 is 0 Å². The van der Waals surface area contributed by atoms with Crippen molar-refractivity contribution in [3.63, 3.8) is 0 Å². The number of carbonyl (C=O) groups excluding carboxylic acids is 2. The van der Waals surface area contributed by atoms with E-state index in [1.54, 1.807) is 16.8 Å². The van der Waals surface area contributed by atoms with Crippen LogP contribution in [0.1, 0.15) is 32.3 Å². The van der Waals surface area contributed by atoms with Crippen LogP contribution in [0, 0.1) is 0 Å². The Bertz CT molecular complexity index is 566. The van der Waals surface area contributed by atoms with Crippen LogP contribution < -0.4 is 0 Å². The van der Waals surface area contributed by atoms with Crippen LogP contribution in [0.25, 0.3) is 0 Å². The second-order valence-electron chi connectivity index (χ2n) is 5.82. The maximum Gasteiger partial charge on any atom is 0.242 e. The Balaban J connectivity index is 2.09. The molecule has 0 aliphatic heterocycles. The number of rotatable bonds is 6. The first kappa shape index (κ1) is 17.0. The Hall–Kier alpha value is -1.36. The summed E-state index contributed by atoms with van der Waals surface area (Å²) in [4.78, 5) is 28.3. The molecule has 1 aliphatic carbocycles. The second kappa shape index (κ2) is 6.82. The fourth-order valence-corrected chi connectivity index (χ4v) is 3.25. The molecule has 22 heavy (non-hydrogen) atoms. The molecular formula is C17H23BrN2O2. The molecule has 0 atom stereocenters. The predicted molar refractivity (Wildman–Crippen MR) is 90.6 cm³/mol. The van der Waals surface area contributed by atoms with E-state index in [2.05, 4.69) is 15.9 Å². The fraction of sp³-hybridized carbons (Fsp3) is 0.529. The summed E-state index contributed by atoms with van der Waals surface area (Å²) in [5, 5.41) is 0. The van der Waals surface area contributed by atoms with E-state index in [9.17, 15) is 9.59 Å². The Morgan fingerprint density at radius 3 is 2.36 bits per heavy atom. The molecule has 2 rings (SSSR count). The summed E-state index contributed by atoms with van der Waals surface area (Å²) < 4.78 is 0.978. The van der Waals surface area contributed by atoms with E-state index in [-0.39, 0.29) is 18.4 Å². The molecule has 1 saturated carbocycles. The molecule has 1 aliphatic rings. The lowest BCUT2D eigenvalue weighted by Gasteiger charge is -2.26. The lowest BCUT2D eigenvalue weighted by atomic mass is 9.94. The van der Waals surface area contributed by atoms with E-state index in [1.165, 1.54) is 0 Å². The van der Waals surface area contributed by atoms with Crippen molar-refractivity contribution >= 4 is 27.7 Å². The molecule has 0 N–H and O–H groups in total. The molecule has 0 aromatic heterocycles. The molecule has 0 saturated heterocycles. The monoisotopic (exact) mass is 366 g/mol. The Morgan fingerprint density at radius 1 is 1.23 bits per heavy atom. The molecule has 0 unspecified atom stereocenters. The third-order valence-electron chi connectivity index (χ3n) is 4.37. The minimum atomic E-state index is -0.429. The smallest absolute Gasteiger partial charge is 0.242 e. The van der Waals surface area contributed by atoms with Gasteiger partial charge in [0, 0.05) is 24.6 Å². The van der Waals surface area contributed by atoms with Gasteiger partial charge < -0.3 is 9.80 Å². The van der Waals surface area contributed by atoms with Crippen molar-refractivity contribution in [2.75, 3.05) is 26.7 Å². The van der Waals surface area contributed by atoms with E-state index in [4.69, 9.17) is 0 Å². The molecule has 2 amide bonds. The first-order valence-corrected chi connectivity index (χ1v) is 8.53. The topological polar surface area (TPSA) is 40.6 Å². The number of hydrogen-bond acceptors (Lipinski definition) is 2. The first-order valence-electron chi connectivity index (χ1n) is 7.74. The average Bonchev–Trinajstić information content (AvgIpc) is 3.29. The number of likely N-dealkylation sites (N-methyl/N-ethyl adjacent to an activating group) is 2. The van der Waals surface area contributed by atoms with Crippen LogP contribution in [0.3, 0.4) is 0 Å². The quantitative estimate of drug-likeness (QED) is 0.776. The first-order chi connectivity index (χ1) is 10.4. The van der Waals surface area contributed by atoms with Gasteiger partial charge in [0.15, 0.2) is 0 Å². The number of halogens is 1. The van der Waals surface area contributed by atoms with Crippen LogP contribution >= 0.6 is 15.9 Å². The Labute approximate surface area is 140 Å². The van der Waals surface area contributed by atoms with E-state index in [0.717, 1.165) is 22.9 Å². The zero-order valence-electron chi connectivity index (χ0n) is 13.4. The summed E-state index contributed by atoms with van der Waals surface area (Å²) in [6.07, 6.45) is 1.71. The van der Waals surface area contributed by atoms with Crippen molar-refractivity contribution < 1.29 is 9.59 Å². The lowest BCUT2D eigenvalue weighted by Crippen LogP contribution is -2.44. The Kier molecular flexibility index (Phi) is 5.27. The molecule has 4 nitrogen and oxygen atoms in total. The highest BCUT2D eigenvalue weighted by atomic mass is 79.9. The van der Waals surface area contributed by atoms with Crippen molar-refractivity contribution in [1.82, 2.24) is 9.80 Å². The SMILES string of the molecule is CCN(CC)C(=O)CN(C)C(=O)C1(c2cccc(Br)c2)CC1. The average molecular weight is 367 g/mol. The van der Waals surface area contributed by atoms with Gasteiger partial charge in [-0.3, -0.25) is 9.59 Å². The van der Waals surface area contributed by atoms with Gasteiger partial charge in [-0.05, 0) is 44.4 Å². The maximum absolute atomic E-state index is 12.8. The van der Waals surface area contributed by atoms with Crippen molar-refractivity contribution in [2.24, 2.45) is 0 Å². The van der Waals surface area contributed by atoms with Gasteiger partial charge in [-0.2, -0.15) is 0 Å². The van der Waals surface area contributed by atoms with Gasteiger partial charge in [0.1, 0.15) is 0 Å². The van der Waals surface area contributed by atoms with E-state index < -0.39 is 5.41 Å². The summed E-state index contributed by atoms with van der Waals surface area (Å²) in [7, 11) is 1.72. The van der Waals surface area contributed by atoms with Crippen molar-refractivity contribution in [1.29, 1.82) is 0 Å². The van der Waals surface area contributed by atoms with Crippen LogP contribution in [0.15, 0.2) is 28.7 Å². The molecule has 0 bridgehead atoms. The van der Waals surface area contributed by atoms with Crippen LogP contribution in [0.4, 0.5) is 0 Å². The minimum absolute atomic E-state index is 0.00546. The van der Waals surface area contributed by atoms with Crippen LogP contribution in [-0.2, 0) is 15.0 Å². The molecule has 120 valence electrons. The van der Waals surface area contributed by atoms with E-state index in [0.29, 0.717) is 13.1 Å². The summed E-state index contributed by atoms with van der Waals surface area (Å²) in [6, 6.07) is 7.91. The highest BCUT2D eigenvalue weighted by molar-refractivity contribution is 9.10. The number of benzene rings is 1. The summed E-state index contributed by atoms with van der Waals surface area (Å²) in [6.45, 7) is 5.40. The van der Waals surface area contributed by atoms with Crippen molar-refractivity contribution in [2.45, 2.75) is 32.1 Å². The van der Waals surface area contributed by atoms with Gasteiger partial charge in [0.25, 0.3) is 0 Å². The highest BCUT2D eigenvalue weighted by Gasteiger charge is 2.52. The predicted octanol–water partition coefficient (Wildman–Crippen LogP) is 2.81. The molecule has 0 heterocycles. The minimum Gasteiger partial charge on any atom is -0.342 e. The summed E-state index contributed by atoms with van der Waals surface area (Å²) in [5.41, 5.74) is 0.608. The second-order valence-corrected chi connectivity index (χ2v) is 6.74. The zero-order valence-corrected chi connectivity index (χ0v) is 15.0. The lowest BCUT2D eigenvalue weighted by molar-refractivity contribution is -0.140. The van der Waals surface area contributed by atoms with Gasteiger partial charge in [-0.25, -0.2) is 0 Å². The maximum atomic E-state index is 12.8. The number of nitrogens with zero attached hydrogens (tertiary/aromatic N) is 2. The summed E-state index contributed by atoms with van der Waals surface area (Å²) >= 11 is 3.46. The number of hydrogen-bond donors (Lipinski definition) is 0. The van der Waals surface area contributed by atoms with Gasteiger partial charge in [0.2, 0.25) is 11.8 Å². The summed E-state index contributed by atoms with van der Waals surface area (Å²) in [5.74, 6) is 0.0528. The van der Waals surface area contributed by atoms with E-state index in [1.807, 2.05) is 38.1 Å². The standard InChI is InChI=1S/C17H23BrN2O2/c1-4-20(5-2)15(21)12-19(3)16(22)17(9-10-17)13-7-6-8-14(18)11-13/h6-8,11H,4-5,9-10,12H2,1-3H3. The van der Waals surface area contributed by atoms with Gasteiger partial charge >= 0.3 is 0 Å². The number of amides is 2. The van der Waals surface area contributed by atoms with Crippen molar-refractivity contribution in [3.8, 4) is 0 Å². The van der Waals surface area contributed by atoms with Crippen LogP contribution in [-0.4, -0.2) is 48.3 Å². The van der Waals surface area contributed by atoms with Gasteiger partial charge in [-0.1, -0.05) is 28.1 Å². The molecule has 0 spiro atoms. The molecule has 1 aromatic rings. The Morgan fingerprint density at radius 2 is 1.86 bits per heavy atom. The normalized spacial score (nSPS) is 15.3. The molecule has 0 radical (unpaired) electrons. The molecule has 1 fully saturated rings. The fourth-order valence-electron chi connectivity index (χ4n) is 2.85. The van der Waals surface area contributed by atoms with Crippen molar-refractivity contribution in [3.05, 3.63) is 34.3 Å². The van der Waals surface area contributed by atoms with Crippen LogP contribution in [0.2, 0.25) is 0 Å². The molecule has 5 heteroatoms. The largest absolute Gasteiger partial charge is 0.342 e. The van der Waals surface area contributed by atoms with Gasteiger partial charge in [-0.15, -0.1) is 0 Å². The number of carbonyl (C=O) groups is 2. The molecule has 1 aromatic carbocycles. The third kappa shape index (κ3) is 3.35.